The smallest absolute Gasteiger partial charge is 0.237 e. The minimum absolute atomic E-state index is 0.0256. The highest BCUT2D eigenvalue weighted by atomic mass is 32.2. The lowest BCUT2D eigenvalue weighted by Crippen LogP contribution is -2.27. The zero-order chi connectivity index (χ0) is 12.4. The Morgan fingerprint density at radius 3 is 3.00 bits per heavy atom. The Kier molecular flexibility index (Phi) is 3.38. The maximum Gasteiger partial charge on any atom is 0.237 e. The van der Waals surface area contributed by atoms with Gasteiger partial charge in [-0.3, -0.25) is 4.79 Å². The van der Waals surface area contributed by atoms with E-state index >= 15 is 0 Å². The molecule has 0 aromatic heterocycles. The SMILES string of the molecule is CC1Sc2ccc(N(C)CC=O)cc2NC1=O. The Labute approximate surface area is 104 Å². The number of anilines is 2. The highest BCUT2D eigenvalue weighted by Gasteiger charge is 2.23. The summed E-state index contributed by atoms with van der Waals surface area (Å²) >= 11 is 1.55. The third-order valence-corrected chi connectivity index (χ3v) is 3.86. The van der Waals surface area contributed by atoms with Gasteiger partial charge in [0, 0.05) is 17.6 Å². The van der Waals surface area contributed by atoms with Gasteiger partial charge in [0.05, 0.1) is 17.5 Å². The molecule has 2 rings (SSSR count). The Morgan fingerprint density at radius 1 is 1.53 bits per heavy atom. The molecule has 5 heteroatoms. The van der Waals surface area contributed by atoms with Gasteiger partial charge in [-0.05, 0) is 25.1 Å². The molecule has 0 radical (unpaired) electrons. The molecule has 0 saturated carbocycles. The first-order valence-electron chi connectivity index (χ1n) is 5.38. The van der Waals surface area contributed by atoms with Crippen molar-refractivity contribution in [2.75, 3.05) is 23.8 Å². The molecule has 0 aliphatic carbocycles. The van der Waals surface area contributed by atoms with Crippen LogP contribution < -0.4 is 10.2 Å². The summed E-state index contributed by atoms with van der Waals surface area (Å²) in [6.45, 7) is 2.23. The van der Waals surface area contributed by atoms with Crippen LogP contribution >= 0.6 is 11.8 Å². The van der Waals surface area contributed by atoms with Crippen molar-refractivity contribution in [3.8, 4) is 0 Å². The number of hydrogen-bond acceptors (Lipinski definition) is 4. The van der Waals surface area contributed by atoms with Crippen molar-refractivity contribution in [3.63, 3.8) is 0 Å². The molecule has 0 saturated heterocycles. The summed E-state index contributed by atoms with van der Waals surface area (Å²) in [6.07, 6.45) is 0.856. The van der Waals surface area contributed by atoms with E-state index in [1.54, 1.807) is 11.8 Å². The molecule has 1 aromatic rings. The summed E-state index contributed by atoms with van der Waals surface area (Å²) < 4.78 is 0. The van der Waals surface area contributed by atoms with Gasteiger partial charge in [0.15, 0.2) is 0 Å². The lowest BCUT2D eigenvalue weighted by molar-refractivity contribution is -0.115. The summed E-state index contributed by atoms with van der Waals surface area (Å²) in [7, 11) is 1.84. The second-order valence-corrected chi connectivity index (χ2v) is 5.36. The molecule has 1 heterocycles. The van der Waals surface area contributed by atoms with Crippen LogP contribution in [0.5, 0.6) is 0 Å². The third kappa shape index (κ3) is 2.44. The van der Waals surface area contributed by atoms with Crippen molar-refractivity contribution in [2.45, 2.75) is 17.1 Å². The number of benzene rings is 1. The molecule has 90 valence electrons. The van der Waals surface area contributed by atoms with Crippen molar-refractivity contribution in [3.05, 3.63) is 18.2 Å². The number of hydrogen-bond donors (Lipinski definition) is 1. The maximum absolute atomic E-state index is 11.6. The molecule has 17 heavy (non-hydrogen) atoms. The quantitative estimate of drug-likeness (QED) is 0.830. The lowest BCUT2D eigenvalue weighted by Gasteiger charge is -2.24. The zero-order valence-corrected chi connectivity index (χ0v) is 10.6. The molecule has 1 atom stereocenters. The average molecular weight is 250 g/mol. The van der Waals surface area contributed by atoms with Crippen LogP contribution in [0.2, 0.25) is 0 Å². The number of carbonyl (C=O) groups excluding carboxylic acids is 2. The molecule has 0 spiro atoms. The summed E-state index contributed by atoms with van der Waals surface area (Å²) in [6, 6.07) is 5.84. The number of carbonyl (C=O) groups is 2. The van der Waals surface area contributed by atoms with Gasteiger partial charge in [-0.2, -0.15) is 0 Å². The molecular weight excluding hydrogens is 236 g/mol. The Hall–Kier alpha value is -1.49. The largest absolute Gasteiger partial charge is 0.368 e. The van der Waals surface area contributed by atoms with Crippen LogP contribution in [0, 0.1) is 0 Å². The third-order valence-electron chi connectivity index (χ3n) is 2.68. The molecule has 1 aliphatic heterocycles. The number of likely N-dealkylation sites (N-methyl/N-ethyl adjacent to an activating group) is 1. The van der Waals surface area contributed by atoms with Gasteiger partial charge in [-0.15, -0.1) is 11.8 Å². The van der Waals surface area contributed by atoms with Gasteiger partial charge in [-0.1, -0.05) is 0 Å². The average Bonchev–Trinajstić information content (AvgIpc) is 2.30. The minimum atomic E-state index is -0.0546. The fourth-order valence-electron chi connectivity index (χ4n) is 1.65. The monoisotopic (exact) mass is 250 g/mol. The molecule has 1 unspecified atom stereocenters. The fourth-order valence-corrected chi connectivity index (χ4v) is 2.58. The maximum atomic E-state index is 11.6. The Morgan fingerprint density at radius 2 is 2.29 bits per heavy atom. The number of fused-ring (bicyclic) bond motifs is 1. The van der Waals surface area contributed by atoms with Crippen LogP contribution in [-0.2, 0) is 9.59 Å². The van der Waals surface area contributed by atoms with Crippen molar-refractivity contribution >= 4 is 35.3 Å². The molecule has 1 aliphatic rings. The van der Waals surface area contributed by atoms with E-state index in [1.807, 2.05) is 37.1 Å². The molecular formula is C12H14N2O2S. The minimum Gasteiger partial charge on any atom is -0.368 e. The summed E-state index contributed by atoms with van der Waals surface area (Å²) in [5.41, 5.74) is 1.75. The van der Waals surface area contributed by atoms with E-state index in [0.29, 0.717) is 6.54 Å². The molecule has 4 nitrogen and oxygen atoms in total. The van der Waals surface area contributed by atoms with Crippen LogP contribution in [0.1, 0.15) is 6.92 Å². The predicted molar refractivity (Wildman–Crippen MR) is 69.7 cm³/mol. The molecule has 1 N–H and O–H groups in total. The second-order valence-electron chi connectivity index (χ2n) is 3.98. The summed E-state index contributed by atoms with van der Waals surface area (Å²) in [4.78, 5) is 24.9. The molecule has 1 amide bonds. The standard InChI is InChI=1S/C12H14N2O2S/c1-8-12(16)13-10-7-9(14(2)5-6-15)3-4-11(10)17-8/h3-4,6-8H,5H2,1-2H3,(H,13,16). The zero-order valence-electron chi connectivity index (χ0n) is 9.77. The van der Waals surface area contributed by atoms with Crippen LogP contribution in [0.4, 0.5) is 11.4 Å². The fraction of sp³-hybridized carbons (Fsp3) is 0.333. The summed E-state index contributed by atoms with van der Waals surface area (Å²) in [5, 5.41) is 2.82. The topological polar surface area (TPSA) is 49.4 Å². The van der Waals surface area contributed by atoms with Gasteiger partial charge >= 0.3 is 0 Å². The molecule has 0 bridgehead atoms. The number of amides is 1. The predicted octanol–water partition coefficient (Wildman–Crippen LogP) is 1.75. The number of nitrogens with one attached hydrogen (secondary N) is 1. The lowest BCUT2D eigenvalue weighted by atomic mass is 10.2. The van der Waals surface area contributed by atoms with Crippen LogP contribution in [0.25, 0.3) is 0 Å². The van der Waals surface area contributed by atoms with Crippen molar-refractivity contribution in [1.29, 1.82) is 0 Å². The number of nitrogens with zero attached hydrogens (tertiary/aromatic N) is 1. The van der Waals surface area contributed by atoms with Crippen LogP contribution in [0.3, 0.4) is 0 Å². The van der Waals surface area contributed by atoms with Gasteiger partial charge < -0.3 is 15.0 Å². The van der Waals surface area contributed by atoms with Crippen molar-refractivity contribution < 1.29 is 9.59 Å². The number of aldehydes is 1. The molecule has 1 aromatic carbocycles. The normalized spacial score (nSPS) is 18.2. The van der Waals surface area contributed by atoms with E-state index in [9.17, 15) is 9.59 Å². The first-order valence-corrected chi connectivity index (χ1v) is 6.26. The van der Waals surface area contributed by atoms with Gasteiger partial charge in [-0.25, -0.2) is 0 Å². The Bertz CT molecular complexity index is 462. The van der Waals surface area contributed by atoms with E-state index in [-0.39, 0.29) is 11.2 Å². The Balaban J connectivity index is 2.28. The first kappa shape index (κ1) is 12.0. The number of thioether (sulfide) groups is 1. The van der Waals surface area contributed by atoms with E-state index in [0.717, 1.165) is 22.6 Å². The first-order chi connectivity index (χ1) is 8.11. The summed E-state index contributed by atoms with van der Waals surface area (Å²) in [5.74, 6) is 0.0256. The second kappa shape index (κ2) is 4.79. The van der Waals surface area contributed by atoms with Crippen molar-refractivity contribution in [2.24, 2.45) is 0 Å². The van der Waals surface area contributed by atoms with Gasteiger partial charge in [0.25, 0.3) is 0 Å². The highest BCUT2D eigenvalue weighted by molar-refractivity contribution is 8.00. The van der Waals surface area contributed by atoms with Crippen molar-refractivity contribution in [1.82, 2.24) is 0 Å². The number of rotatable bonds is 3. The van der Waals surface area contributed by atoms with Crippen LogP contribution in [0.15, 0.2) is 23.1 Å². The molecule has 0 fully saturated rings. The van der Waals surface area contributed by atoms with Gasteiger partial charge in [0.1, 0.15) is 6.29 Å². The highest BCUT2D eigenvalue weighted by Crippen LogP contribution is 2.37. The van der Waals surface area contributed by atoms with E-state index in [4.69, 9.17) is 0 Å². The van der Waals surface area contributed by atoms with Crippen LogP contribution in [-0.4, -0.2) is 31.0 Å². The van der Waals surface area contributed by atoms with E-state index < -0.39 is 0 Å². The van der Waals surface area contributed by atoms with E-state index in [2.05, 4.69) is 5.32 Å². The van der Waals surface area contributed by atoms with E-state index in [1.165, 1.54) is 0 Å². The van der Waals surface area contributed by atoms with Gasteiger partial charge in [0.2, 0.25) is 5.91 Å².